The molecule has 1 heterocycles. The molecule has 1 aromatic carbocycles. The van der Waals surface area contributed by atoms with Gasteiger partial charge in [0.15, 0.2) is 0 Å². The van der Waals surface area contributed by atoms with E-state index in [1.54, 1.807) is 12.1 Å². The lowest BCUT2D eigenvalue weighted by atomic mass is 10.1. The SMILES string of the molecule is O=C(O)c1nnc(Cc2ccc(Cl)cc2)o1. The number of aromatic carboxylic acids is 1. The van der Waals surface area contributed by atoms with Gasteiger partial charge in [-0.05, 0) is 17.7 Å². The number of hydrogen-bond donors (Lipinski definition) is 1. The summed E-state index contributed by atoms with van der Waals surface area (Å²) in [4.78, 5) is 10.5. The highest BCUT2D eigenvalue weighted by Crippen LogP contribution is 2.13. The van der Waals surface area contributed by atoms with Crippen LogP contribution in [-0.2, 0) is 6.42 Å². The normalized spacial score (nSPS) is 10.3. The molecule has 2 rings (SSSR count). The molecule has 5 nitrogen and oxygen atoms in total. The first kappa shape index (κ1) is 10.6. The topological polar surface area (TPSA) is 76.2 Å². The van der Waals surface area contributed by atoms with Crippen molar-refractivity contribution in [1.82, 2.24) is 10.2 Å². The summed E-state index contributed by atoms with van der Waals surface area (Å²) in [6.07, 6.45) is 0.386. The fourth-order valence-corrected chi connectivity index (χ4v) is 1.31. The van der Waals surface area contributed by atoms with E-state index >= 15 is 0 Å². The van der Waals surface area contributed by atoms with Gasteiger partial charge in [0.1, 0.15) is 0 Å². The number of hydrogen-bond acceptors (Lipinski definition) is 4. The molecule has 0 aliphatic heterocycles. The molecule has 0 spiro atoms. The number of rotatable bonds is 3. The summed E-state index contributed by atoms with van der Waals surface area (Å²) in [5.41, 5.74) is 0.921. The number of benzene rings is 1. The maximum absolute atomic E-state index is 10.5. The van der Waals surface area contributed by atoms with Gasteiger partial charge in [-0.2, -0.15) is 0 Å². The van der Waals surface area contributed by atoms with Crippen molar-refractivity contribution in [3.63, 3.8) is 0 Å². The van der Waals surface area contributed by atoms with Crippen LogP contribution in [0.25, 0.3) is 0 Å². The molecule has 0 saturated carbocycles. The van der Waals surface area contributed by atoms with Crippen molar-refractivity contribution in [3.8, 4) is 0 Å². The quantitative estimate of drug-likeness (QED) is 0.885. The largest absolute Gasteiger partial charge is 0.474 e. The number of carboxylic acid groups (broad SMARTS) is 1. The van der Waals surface area contributed by atoms with Crippen LogP contribution in [0.1, 0.15) is 22.1 Å². The van der Waals surface area contributed by atoms with Gasteiger partial charge < -0.3 is 9.52 Å². The van der Waals surface area contributed by atoms with Crippen molar-refractivity contribution in [1.29, 1.82) is 0 Å². The van der Waals surface area contributed by atoms with Gasteiger partial charge in [-0.3, -0.25) is 0 Å². The predicted octanol–water partition coefficient (Wildman–Crippen LogP) is 2.01. The Hall–Kier alpha value is -1.88. The average molecular weight is 239 g/mol. The summed E-state index contributed by atoms with van der Waals surface area (Å²) in [6, 6.07) is 7.11. The maximum Gasteiger partial charge on any atom is 0.393 e. The molecular formula is C10H7ClN2O3. The van der Waals surface area contributed by atoms with Crippen LogP contribution in [0.15, 0.2) is 28.7 Å². The molecule has 1 aromatic heterocycles. The molecule has 6 heteroatoms. The minimum absolute atomic E-state index is 0.264. The third kappa shape index (κ3) is 2.38. The Bertz CT molecular complexity index is 507. The van der Waals surface area contributed by atoms with Crippen LogP contribution in [0.5, 0.6) is 0 Å². The van der Waals surface area contributed by atoms with Crippen LogP contribution in [0.4, 0.5) is 0 Å². The number of carbonyl (C=O) groups is 1. The van der Waals surface area contributed by atoms with Crippen LogP contribution in [0, 0.1) is 0 Å². The lowest BCUT2D eigenvalue weighted by Crippen LogP contribution is -1.95. The van der Waals surface area contributed by atoms with Crippen molar-refractivity contribution in [3.05, 3.63) is 46.6 Å². The molecule has 82 valence electrons. The lowest BCUT2D eigenvalue weighted by molar-refractivity contribution is 0.0651. The summed E-state index contributed by atoms with van der Waals surface area (Å²) in [5, 5.41) is 16.2. The second kappa shape index (κ2) is 4.32. The highest BCUT2D eigenvalue weighted by molar-refractivity contribution is 6.30. The Morgan fingerprint density at radius 3 is 2.56 bits per heavy atom. The minimum atomic E-state index is -1.23. The molecule has 0 aliphatic carbocycles. The van der Waals surface area contributed by atoms with Crippen LogP contribution >= 0.6 is 11.6 Å². The number of nitrogens with zero attached hydrogens (tertiary/aromatic N) is 2. The highest BCUT2D eigenvalue weighted by Gasteiger charge is 2.12. The van der Waals surface area contributed by atoms with Crippen LogP contribution in [0.3, 0.4) is 0 Å². The van der Waals surface area contributed by atoms with Gasteiger partial charge >= 0.3 is 11.9 Å². The number of halogens is 1. The predicted molar refractivity (Wildman–Crippen MR) is 55.5 cm³/mol. The zero-order valence-electron chi connectivity index (χ0n) is 8.05. The standard InChI is InChI=1S/C10H7ClN2O3/c11-7-3-1-6(2-4-7)5-8-12-13-9(16-8)10(14)15/h1-4H,5H2,(H,14,15). The Morgan fingerprint density at radius 1 is 1.31 bits per heavy atom. The minimum Gasteiger partial charge on any atom is -0.474 e. The summed E-state index contributed by atoms with van der Waals surface area (Å²) >= 11 is 5.73. The van der Waals surface area contributed by atoms with Crippen molar-refractivity contribution < 1.29 is 14.3 Å². The van der Waals surface area contributed by atoms with Gasteiger partial charge in [-0.15, -0.1) is 10.2 Å². The van der Waals surface area contributed by atoms with E-state index in [2.05, 4.69) is 10.2 Å². The van der Waals surface area contributed by atoms with E-state index in [1.807, 2.05) is 12.1 Å². The second-order valence-electron chi connectivity index (χ2n) is 3.11. The van der Waals surface area contributed by atoms with Crippen molar-refractivity contribution in [2.24, 2.45) is 0 Å². The molecule has 1 N–H and O–H groups in total. The first-order chi connectivity index (χ1) is 7.65. The first-order valence-corrected chi connectivity index (χ1v) is 4.83. The zero-order chi connectivity index (χ0) is 11.5. The molecule has 0 bridgehead atoms. The van der Waals surface area contributed by atoms with Crippen LogP contribution < -0.4 is 0 Å². The average Bonchev–Trinajstić information content (AvgIpc) is 2.70. The smallest absolute Gasteiger partial charge is 0.393 e. The molecule has 0 aliphatic rings. The van der Waals surface area contributed by atoms with Crippen LogP contribution in [-0.4, -0.2) is 21.3 Å². The fraction of sp³-hybridized carbons (Fsp3) is 0.100. The van der Waals surface area contributed by atoms with Gasteiger partial charge in [0.05, 0.1) is 6.42 Å². The molecule has 16 heavy (non-hydrogen) atoms. The third-order valence-electron chi connectivity index (χ3n) is 1.92. The molecule has 0 saturated heterocycles. The monoisotopic (exact) mass is 238 g/mol. The molecule has 0 radical (unpaired) electrons. The first-order valence-electron chi connectivity index (χ1n) is 4.45. The third-order valence-corrected chi connectivity index (χ3v) is 2.17. The second-order valence-corrected chi connectivity index (χ2v) is 3.55. The molecule has 0 fully saturated rings. The Labute approximate surface area is 95.7 Å². The highest BCUT2D eigenvalue weighted by atomic mass is 35.5. The van der Waals surface area contributed by atoms with Gasteiger partial charge in [-0.25, -0.2) is 4.79 Å². The summed E-state index contributed by atoms with van der Waals surface area (Å²) in [5.74, 6) is -1.36. The van der Waals surface area contributed by atoms with Gasteiger partial charge in [-0.1, -0.05) is 23.7 Å². The van der Waals surface area contributed by atoms with E-state index < -0.39 is 11.9 Å². The van der Waals surface area contributed by atoms with Crippen LogP contribution in [0.2, 0.25) is 5.02 Å². The maximum atomic E-state index is 10.5. The van der Waals surface area contributed by atoms with Crippen molar-refractivity contribution >= 4 is 17.6 Å². The molecule has 0 amide bonds. The Balaban J connectivity index is 2.14. The molecular weight excluding hydrogens is 232 g/mol. The summed E-state index contributed by atoms with van der Waals surface area (Å²) < 4.78 is 4.92. The Morgan fingerprint density at radius 2 is 2.00 bits per heavy atom. The molecule has 0 atom stereocenters. The van der Waals surface area contributed by atoms with Gasteiger partial charge in [0, 0.05) is 5.02 Å². The van der Waals surface area contributed by atoms with Gasteiger partial charge in [0.25, 0.3) is 0 Å². The number of carboxylic acids is 1. The Kier molecular flexibility index (Phi) is 2.87. The molecule has 2 aromatic rings. The van der Waals surface area contributed by atoms with E-state index in [-0.39, 0.29) is 5.89 Å². The van der Waals surface area contributed by atoms with E-state index in [0.29, 0.717) is 11.4 Å². The van der Waals surface area contributed by atoms with Gasteiger partial charge in [0.2, 0.25) is 5.89 Å². The zero-order valence-corrected chi connectivity index (χ0v) is 8.81. The summed E-state index contributed by atoms with van der Waals surface area (Å²) in [7, 11) is 0. The van der Waals surface area contributed by atoms with E-state index in [9.17, 15) is 4.79 Å². The van der Waals surface area contributed by atoms with E-state index in [0.717, 1.165) is 5.56 Å². The summed E-state index contributed by atoms with van der Waals surface area (Å²) in [6.45, 7) is 0. The number of aromatic nitrogens is 2. The van der Waals surface area contributed by atoms with E-state index in [4.69, 9.17) is 21.1 Å². The van der Waals surface area contributed by atoms with E-state index in [1.165, 1.54) is 0 Å². The lowest BCUT2D eigenvalue weighted by Gasteiger charge is -1.96. The van der Waals surface area contributed by atoms with Crippen molar-refractivity contribution in [2.45, 2.75) is 6.42 Å². The van der Waals surface area contributed by atoms with Crippen molar-refractivity contribution in [2.75, 3.05) is 0 Å². The fourth-order valence-electron chi connectivity index (χ4n) is 1.19. The molecule has 0 unspecified atom stereocenters.